The molecule has 0 saturated carbocycles. The highest BCUT2D eigenvalue weighted by Crippen LogP contribution is 2.15. The maximum atomic E-state index is 12.2. The van der Waals surface area contributed by atoms with Gasteiger partial charge in [-0.1, -0.05) is 13.3 Å². The van der Waals surface area contributed by atoms with Crippen LogP contribution in [0.1, 0.15) is 36.5 Å². The van der Waals surface area contributed by atoms with Gasteiger partial charge in [0.15, 0.2) is 0 Å². The van der Waals surface area contributed by atoms with Crippen LogP contribution in [0.4, 0.5) is 5.82 Å². The van der Waals surface area contributed by atoms with E-state index in [4.69, 9.17) is 5.11 Å². The first kappa shape index (κ1) is 16.4. The number of anilines is 1. The largest absolute Gasteiger partial charge is 0.396 e. The SMILES string of the molecule is CCCC(CCO)CNC(=O)c1cccnc1N(C)C. The molecule has 1 unspecified atom stereocenters. The maximum Gasteiger partial charge on any atom is 0.255 e. The highest BCUT2D eigenvalue weighted by molar-refractivity contribution is 5.98. The number of hydrogen-bond donors (Lipinski definition) is 2. The summed E-state index contributed by atoms with van der Waals surface area (Å²) in [5.41, 5.74) is 0.580. The minimum Gasteiger partial charge on any atom is -0.396 e. The lowest BCUT2D eigenvalue weighted by Gasteiger charge is -2.18. The summed E-state index contributed by atoms with van der Waals surface area (Å²) in [4.78, 5) is 18.3. The van der Waals surface area contributed by atoms with E-state index in [-0.39, 0.29) is 12.5 Å². The lowest BCUT2D eigenvalue weighted by Crippen LogP contribution is -2.31. The number of amides is 1. The van der Waals surface area contributed by atoms with E-state index in [1.807, 2.05) is 19.0 Å². The third kappa shape index (κ3) is 4.81. The first-order chi connectivity index (χ1) is 9.60. The molecule has 0 saturated heterocycles. The fraction of sp³-hybridized carbons (Fsp3) is 0.600. The van der Waals surface area contributed by atoms with Gasteiger partial charge in [-0.2, -0.15) is 0 Å². The van der Waals surface area contributed by atoms with Crippen molar-refractivity contribution >= 4 is 11.7 Å². The number of hydrogen-bond acceptors (Lipinski definition) is 4. The van der Waals surface area contributed by atoms with Gasteiger partial charge in [-0.15, -0.1) is 0 Å². The number of carbonyl (C=O) groups is 1. The second-order valence-corrected chi connectivity index (χ2v) is 5.15. The Kier molecular flexibility index (Phi) is 7.01. The quantitative estimate of drug-likeness (QED) is 0.760. The van der Waals surface area contributed by atoms with Crippen LogP contribution in [-0.4, -0.2) is 43.2 Å². The monoisotopic (exact) mass is 279 g/mol. The van der Waals surface area contributed by atoms with Gasteiger partial charge < -0.3 is 15.3 Å². The lowest BCUT2D eigenvalue weighted by molar-refractivity contribution is 0.0943. The van der Waals surface area contributed by atoms with Crippen molar-refractivity contribution in [2.24, 2.45) is 5.92 Å². The molecule has 5 heteroatoms. The van der Waals surface area contributed by atoms with Gasteiger partial charge in [0, 0.05) is 33.4 Å². The number of aliphatic hydroxyl groups excluding tert-OH is 1. The van der Waals surface area contributed by atoms with Crippen LogP contribution in [-0.2, 0) is 0 Å². The number of nitrogens with zero attached hydrogens (tertiary/aromatic N) is 2. The number of carbonyl (C=O) groups excluding carboxylic acids is 1. The van der Waals surface area contributed by atoms with Crippen molar-refractivity contribution in [1.82, 2.24) is 10.3 Å². The van der Waals surface area contributed by atoms with E-state index in [0.717, 1.165) is 19.3 Å². The molecule has 1 amide bonds. The second-order valence-electron chi connectivity index (χ2n) is 5.15. The second kappa shape index (κ2) is 8.53. The Hall–Kier alpha value is -1.62. The number of nitrogens with one attached hydrogen (secondary N) is 1. The summed E-state index contributed by atoms with van der Waals surface area (Å²) in [6.07, 6.45) is 4.46. The van der Waals surface area contributed by atoms with Crippen molar-refractivity contribution in [1.29, 1.82) is 0 Å². The highest BCUT2D eigenvalue weighted by Gasteiger charge is 2.15. The zero-order valence-electron chi connectivity index (χ0n) is 12.6. The van der Waals surface area contributed by atoms with Gasteiger partial charge in [-0.25, -0.2) is 4.98 Å². The van der Waals surface area contributed by atoms with Gasteiger partial charge in [-0.3, -0.25) is 4.79 Å². The van der Waals surface area contributed by atoms with Crippen LogP contribution in [0.15, 0.2) is 18.3 Å². The van der Waals surface area contributed by atoms with Crippen LogP contribution < -0.4 is 10.2 Å². The minimum absolute atomic E-state index is 0.110. The molecule has 5 nitrogen and oxygen atoms in total. The number of pyridine rings is 1. The molecule has 0 aliphatic rings. The molecule has 0 fully saturated rings. The van der Waals surface area contributed by atoms with E-state index in [2.05, 4.69) is 17.2 Å². The maximum absolute atomic E-state index is 12.2. The minimum atomic E-state index is -0.110. The Labute approximate surface area is 121 Å². The third-order valence-corrected chi connectivity index (χ3v) is 3.24. The summed E-state index contributed by atoms with van der Waals surface area (Å²) in [5, 5.41) is 12.0. The van der Waals surface area contributed by atoms with E-state index >= 15 is 0 Å². The van der Waals surface area contributed by atoms with E-state index in [1.165, 1.54) is 0 Å². The van der Waals surface area contributed by atoms with Gasteiger partial charge in [0.1, 0.15) is 5.82 Å². The highest BCUT2D eigenvalue weighted by atomic mass is 16.3. The topological polar surface area (TPSA) is 65.5 Å². The molecule has 112 valence electrons. The van der Waals surface area contributed by atoms with Gasteiger partial charge in [-0.05, 0) is 30.9 Å². The molecule has 1 atom stereocenters. The summed E-state index contributed by atoms with van der Waals surface area (Å²) in [6, 6.07) is 3.54. The van der Waals surface area contributed by atoms with Crippen molar-refractivity contribution in [3.05, 3.63) is 23.9 Å². The number of rotatable bonds is 8. The predicted octanol–water partition coefficient (Wildman–Crippen LogP) is 1.68. The Morgan fingerprint density at radius 2 is 2.20 bits per heavy atom. The van der Waals surface area contributed by atoms with E-state index in [0.29, 0.717) is 23.8 Å². The zero-order chi connectivity index (χ0) is 15.0. The summed E-state index contributed by atoms with van der Waals surface area (Å²) < 4.78 is 0. The van der Waals surface area contributed by atoms with Crippen LogP contribution in [0, 0.1) is 5.92 Å². The summed E-state index contributed by atoms with van der Waals surface area (Å²) in [7, 11) is 3.73. The molecular weight excluding hydrogens is 254 g/mol. The first-order valence-corrected chi connectivity index (χ1v) is 7.11. The molecule has 1 aromatic rings. The van der Waals surface area contributed by atoms with Crippen LogP contribution in [0.5, 0.6) is 0 Å². The molecule has 1 heterocycles. The Bertz CT molecular complexity index is 415. The normalized spacial score (nSPS) is 12.0. The van der Waals surface area contributed by atoms with E-state index < -0.39 is 0 Å². The fourth-order valence-electron chi connectivity index (χ4n) is 2.20. The summed E-state index contributed by atoms with van der Waals surface area (Å²) >= 11 is 0. The number of aromatic nitrogens is 1. The molecule has 0 aliphatic carbocycles. The lowest BCUT2D eigenvalue weighted by atomic mass is 10.00. The Morgan fingerprint density at radius 1 is 1.45 bits per heavy atom. The number of aliphatic hydroxyl groups is 1. The molecule has 0 aliphatic heterocycles. The molecule has 0 radical (unpaired) electrons. The molecule has 2 N–H and O–H groups in total. The average Bonchev–Trinajstić information content (AvgIpc) is 2.45. The molecule has 0 bridgehead atoms. The average molecular weight is 279 g/mol. The fourth-order valence-corrected chi connectivity index (χ4v) is 2.20. The van der Waals surface area contributed by atoms with Gasteiger partial charge in [0.2, 0.25) is 0 Å². The van der Waals surface area contributed by atoms with Crippen molar-refractivity contribution in [2.75, 3.05) is 32.1 Å². The van der Waals surface area contributed by atoms with Gasteiger partial charge in [0.25, 0.3) is 5.91 Å². The predicted molar refractivity (Wildman–Crippen MR) is 81.0 cm³/mol. The Morgan fingerprint density at radius 3 is 2.80 bits per heavy atom. The van der Waals surface area contributed by atoms with Crippen LogP contribution in [0.25, 0.3) is 0 Å². The summed E-state index contributed by atoms with van der Waals surface area (Å²) in [5.74, 6) is 0.883. The molecule has 20 heavy (non-hydrogen) atoms. The Balaban J connectivity index is 2.66. The van der Waals surface area contributed by atoms with Crippen molar-refractivity contribution in [3.63, 3.8) is 0 Å². The molecular formula is C15H25N3O2. The van der Waals surface area contributed by atoms with Crippen LogP contribution in [0.3, 0.4) is 0 Å². The van der Waals surface area contributed by atoms with Crippen molar-refractivity contribution in [3.8, 4) is 0 Å². The first-order valence-electron chi connectivity index (χ1n) is 7.11. The van der Waals surface area contributed by atoms with Gasteiger partial charge >= 0.3 is 0 Å². The van der Waals surface area contributed by atoms with Crippen LogP contribution in [0.2, 0.25) is 0 Å². The zero-order valence-corrected chi connectivity index (χ0v) is 12.6. The smallest absolute Gasteiger partial charge is 0.255 e. The summed E-state index contributed by atoms with van der Waals surface area (Å²) in [6.45, 7) is 2.86. The van der Waals surface area contributed by atoms with Gasteiger partial charge in [0.05, 0.1) is 5.56 Å². The molecule has 1 aromatic heterocycles. The van der Waals surface area contributed by atoms with Crippen molar-refractivity contribution in [2.45, 2.75) is 26.2 Å². The standard InChI is InChI=1S/C15H25N3O2/c1-4-6-12(8-10-19)11-17-15(20)13-7-5-9-16-14(13)18(2)3/h5,7,9,12,19H,4,6,8,10-11H2,1-3H3,(H,17,20). The van der Waals surface area contributed by atoms with E-state index in [9.17, 15) is 4.79 Å². The van der Waals surface area contributed by atoms with Crippen LogP contribution >= 0.6 is 0 Å². The van der Waals surface area contributed by atoms with E-state index in [1.54, 1.807) is 18.3 Å². The molecule has 1 rings (SSSR count). The molecule has 0 aromatic carbocycles. The molecule has 0 spiro atoms. The third-order valence-electron chi connectivity index (χ3n) is 3.24. The van der Waals surface area contributed by atoms with Crippen molar-refractivity contribution < 1.29 is 9.90 Å².